The van der Waals surface area contributed by atoms with E-state index in [2.05, 4.69) is 15.1 Å². The molecule has 2 heterocycles. The molecular formula is C16H21N3O2. The van der Waals surface area contributed by atoms with Crippen LogP contribution in [0, 0.1) is 0 Å². The number of nitrogens with zero attached hydrogens (tertiary/aromatic N) is 1. The van der Waals surface area contributed by atoms with Gasteiger partial charge in [0.25, 0.3) is 5.56 Å². The fourth-order valence-electron chi connectivity index (χ4n) is 2.35. The van der Waals surface area contributed by atoms with Crippen LogP contribution in [0.4, 0.5) is 5.69 Å². The average Bonchev–Trinajstić information content (AvgIpc) is 2.97. The number of hydrogen-bond acceptors (Lipinski definition) is 3. The molecule has 5 nitrogen and oxygen atoms in total. The molecule has 1 aromatic carbocycles. The summed E-state index contributed by atoms with van der Waals surface area (Å²) in [7, 11) is 0. The van der Waals surface area contributed by atoms with E-state index in [9.17, 15) is 9.59 Å². The molecule has 1 aromatic heterocycles. The van der Waals surface area contributed by atoms with Crippen LogP contribution in [-0.2, 0) is 4.79 Å². The first-order valence-electron chi connectivity index (χ1n) is 7.37. The number of aromatic nitrogens is 2. The molecule has 0 amide bonds. The van der Waals surface area contributed by atoms with Gasteiger partial charge in [-0.2, -0.15) is 0 Å². The Morgan fingerprint density at radius 2 is 1.57 bits per heavy atom. The first kappa shape index (κ1) is 15.1. The Kier molecular flexibility index (Phi) is 4.98. The maximum absolute atomic E-state index is 11.2. The van der Waals surface area contributed by atoms with Crippen molar-refractivity contribution in [2.45, 2.75) is 26.7 Å². The van der Waals surface area contributed by atoms with Crippen LogP contribution in [-0.4, -0.2) is 29.1 Å². The summed E-state index contributed by atoms with van der Waals surface area (Å²) in [6.07, 6.45) is 1.26. The number of carbonyl (C=O) groups is 1. The lowest BCUT2D eigenvalue weighted by Crippen LogP contribution is -2.33. The smallest absolute Gasteiger partial charge is 0.264 e. The number of benzene rings is 1. The molecule has 3 rings (SSSR count). The van der Waals surface area contributed by atoms with Crippen LogP contribution in [0.3, 0.4) is 0 Å². The van der Waals surface area contributed by atoms with Gasteiger partial charge in [-0.15, -0.1) is 0 Å². The first-order valence-corrected chi connectivity index (χ1v) is 7.37. The van der Waals surface area contributed by atoms with Crippen molar-refractivity contribution in [3.8, 4) is 11.3 Å². The molecule has 1 fully saturated rings. The standard InChI is InChI=1S/C14H15N3O2.C2H6/c18-12-5-7-17(8-6-12)11-3-1-10(2-4-11)13-9-14(19)16-15-13;1-2/h1-4,9H,5-8H2,(H2,15,16,19);1-2H3. The zero-order valence-corrected chi connectivity index (χ0v) is 12.5. The highest BCUT2D eigenvalue weighted by molar-refractivity contribution is 5.81. The fourth-order valence-corrected chi connectivity index (χ4v) is 2.35. The van der Waals surface area contributed by atoms with E-state index in [0.29, 0.717) is 18.6 Å². The molecule has 1 aliphatic rings. The molecule has 0 aliphatic carbocycles. The third-order valence-corrected chi connectivity index (χ3v) is 3.46. The quantitative estimate of drug-likeness (QED) is 0.892. The van der Waals surface area contributed by atoms with Crippen molar-refractivity contribution in [3.63, 3.8) is 0 Å². The highest BCUT2D eigenvalue weighted by Gasteiger charge is 2.16. The second kappa shape index (κ2) is 6.92. The van der Waals surface area contributed by atoms with Gasteiger partial charge in [0, 0.05) is 37.7 Å². The Balaban J connectivity index is 0.000000774. The van der Waals surface area contributed by atoms with Gasteiger partial charge in [-0.05, 0) is 17.7 Å². The second-order valence-corrected chi connectivity index (χ2v) is 4.74. The van der Waals surface area contributed by atoms with Crippen molar-refractivity contribution in [3.05, 3.63) is 40.7 Å². The van der Waals surface area contributed by atoms with Crippen molar-refractivity contribution in [2.75, 3.05) is 18.0 Å². The van der Waals surface area contributed by atoms with Crippen molar-refractivity contribution in [1.29, 1.82) is 0 Å². The number of piperidine rings is 1. The Bertz CT molecular complexity index is 630. The molecule has 0 saturated carbocycles. The minimum Gasteiger partial charge on any atom is -0.371 e. The summed E-state index contributed by atoms with van der Waals surface area (Å²) in [5.74, 6) is 0.345. The largest absolute Gasteiger partial charge is 0.371 e. The number of Topliss-reactive ketones (excluding diaryl/α,β-unsaturated/α-hetero) is 1. The molecule has 5 heteroatoms. The summed E-state index contributed by atoms with van der Waals surface area (Å²) in [6, 6.07) is 9.54. The van der Waals surface area contributed by atoms with E-state index in [1.165, 1.54) is 6.07 Å². The molecule has 112 valence electrons. The van der Waals surface area contributed by atoms with E-state index in [0.717, 1.165) is 30.0 Å². The van der Waals surface area contributed by atoms with Crippen LogP contribution in [0.1, 0.15) is 26.7 Å². The predicted molar refractivity (Wildman–Crippen MR) is 84.7 cm³/mol. The Morgan fingerprint density at radius 1 is 0.952 bits per heavy atom. The Morgan fingerprint density at radius 3 is 2.10 bits per heavy atom. The maximum atomic E-state index is 11.2. The number of anilines is 1. The second-order valence-electron chi connectivity index (χ2n) is 4.74. The van der Waals surface area contributed by atoms with Gasteiger partial charge in [0.05, 0.1) is 5.69 Å². The minimum absolute atomic E-state index is 0.131. The van der Waals surface area contributed by atoms with E-state index in [-0.39, 0.29) is 5.56 Å². The summed E-state index contributed by atoms with van der Waals surface area (Å²) >= 11 is 0. The van der Waals surface area contributed by atoms with Crippen LogP contribution in [0.25, 0.3) is 11.3 Å². The van der Waals surface area contributed by atoms with E-state index < -0.39 is 0 Å². The topological polar surface area (TPSA) is 69.0 Å². The summed E-state index contributed by atoms with van der Waals surface area (Å²) in [6.45, 7) is 5.58. The molecule has 0 unspecified atom stereocenters. The van der Waals surface area contributed by atoms with Gasteiger partial charge in [0.15, 0.2) is 0 Å². The maximum Gasteiger partial charge on any atom is 0.264 e. The molecule has 2 aromatic rings. The number of nitrogens with one attached hydrogen (secondary N) is 2. The first-order chi connectivity index (χ1) is 10.2. The predicted octanol–water partition coefficient (Wildman–Crippen LogP) is 2.57. The highest BCUT2D eigenvalue weighted by atomic mass is 16.1. The number of rotatable bonds is 2. The summed E-state index contributed by atoms with van der Waals surface area (Å²) in [4.78, 5) is 24.5. The lowest BCUT2D eigenvalue weighted by atomic mass is 10.1. The van der Waals surface area contributed by atoms with Crippen molar-refractivity contribution < 1.29 is 4.79 Å². The van der Waals surface area contributed by atoms with E-state index in [4.69, 9.17) is 0 Å². The van der Waals surface area contributed by atoms with Gasteiger partial charge in [-0.1, -0.05) is 26.0 Å². The lowest BCUT2D eigenvalue weighted by molar-refractivity contribution is -0.119. The molecule has 21 heavy (non-hydrogen) atoms. The summed E-state index contributed by atoms with van der Waals surface area (Å²) in [5.41, 5.74) is 2.74. The van der Waals surface area contributed by atoms with Crippen LogP contribution in [0.15, 0.2) is 35.1 Å². The highest BCUT2D eigenvalue weighted by Crippen LogP contribution is 2.22. The monoisotopic (exact) mass is 287 g/mol. The van der Waals surface area contributed by atoms with Crippen LogP contribution < -0.4 is 10.5 Å². The molecule has 1 saturated heterocycles. The van der Waals surface area contributed by atoms with Crippen LogP contribution >= 0.6 is 0 Å². The normalized spacial score (nSPS) is 14.6. The zero-order valence-electron chi connectivity index (χ0n) is 12.5. The van der Waals surface area contributed by atoms with Crippen LogP contribution in [0.5, 0.6) is 0 Å². The van der Waals surface area contributed by atoms with E-state index in [1.807, 2.05) is 38.1 Å². The molecule has 0 bridgehead atoms. The van der Waals surface area contributed by atoms with E-state index >= 15 is 0 Å². The van der Waals surface area contributed by atoms with Crippen LogP contribution in [0.2, 0.25) is 0 Å². The van der Waals surface area contributed by atoms with Gasteiger partial charge in [0.1, 0.15) is 5.78 Å². The molecule has 1 aliphatic heterocycles. The van der Waals surface area contributed by atoms with Gasteiger partial charge >= 0.3 is 0 Å². The van der Waals surface area contributed by atoms with Gasteiger partial charge in [0.2, 0.25) is 0 Å². The molecular weight excluding hydrogens is 266 g/mol. The van der Waals surface area contributed by atoms with Crippen molar-refractivity contribution in [2.24, 2.45) is 0 Å². The van der Waals surface area contributed by atoms with Crippen molar-refractivity contribution in [1.82, 2.24) is 10.2 Å². The van der Waals surface area contributed by atoms with Gasteiger partial charge in [-0.3, -0.25) is 19.8 Å². The number of H-pyrrole nitrogens is 2. The fraction of sp³-hybridized carbons (Fsp3) is 0.375. The SMILES string of the molecule is CC.O=C1CCN(c2ccc(-c3cc(=O)[nH][nH]3)cc2)CC1. The number of aromatic amines is 2. The van der Waals surface area contributed by atoms with E-state index in [1.54, 1.807) is 0 Å². The third kappa shape index (κ3) is 3.62. The number of hydrogen-bond donors (Lipinski definition) is 2. The Labute approximate surface area is 124 Å². The third-order valence-electron chi connectivity index (χ3n) is 3.46. The van der Waals surface area contributed by atoms with Gasteiger partial charge < -0.3 is 4.90 Å². The zero-order chi connectivity index (χ0) is 15.2. The average molecular weight is 287 g/mol. The molecule has 2 N–H and O–H groups in total. The summed E-state index contributed by atoms with van der Waals surface area (Å²) < 4.78 is 0. The molecule has 0 atom stereocenters. The summed E-state index contributed by atoms with van der Waals surface area (Å²) in [5, 5.41) is 5.35. The Hall–Kier alpha value is -2.30. The number of ketones is 1. The minimum atomic E-state index is -0.131. The molecule has 0 radical (unpaired) electrons. The number of carbonyl (C=O) groups excluding carboxylic acids is 1. The molecule has 0 spiro atoms. The lowest BCUT2D eigenvalue weighted by Gasteiger charge is -2.28. The van der Waals surface area contributed by atoms with Crippen molar-refractivity contribution >= 4 is 11.5 Å². The van der Waals surface area contributed by atoms with Gasteiger partial charge in [-0.25, -0.2) is 0 Å².